The average molecular weight is 236 g/mol. The Bertz CT molecular complexity index is 351. The number of nitrogens with zero attached hydrogens (tertiary/aromatic N) is 1. The summed E-state index contributed by atoms with van der Waals surface area (Å²) >= 11 is 0. The van der Waals surface area contributed by atoms with Gasteiger partial charge < -0.3 is 20.5 Å². The number of aliphatic hydroxyl groups excluding tert-OH is 1. The molecule has 3 N–H and O–H groups in total. The lowest BCUT2D eigenvalue weighted by molar-refractivity contribution is 0.0727. The Labute approximate surface area is 102 Å². The maximum Gasteiger partial charge on any atom is 0.0755 e. The van der Waals surface area contributed by atoms with Crippen molar-refractivity contribution >= 4 is 5.69 Å². The zero-order valence-electron chi connectivity index (χ0n) is 10.2. The first-order chi connectivity index (χ1) is 8.22. The molecule has 1 aliphatic rings. The molecular formula is C13H20N2O2. The molecule has 0 bridgehead atoms. The van der Waals surface area contributed by atoms with E-state index in [1.807, 2.05) is 19.1 Å². The van der Waals surface area contributed by atoms with Crippen LogP contribution in [0.2, 0.25) is 0 Å². The van der Waals surface area contributed by atoms with Gasteiger partial charge in [-0.2, -0.15) is 0 Å². The third kappa shape index (κ3) is 2.77. The normalized spacial score (nSPS) is 22.5. The van der Waals surface area contributed by atoms with Crippen molar-refractivity contribution in [2.75, 3.05) is 31.3 Å². The van der Waals surface area contributed by atoms with E-state index in [2.05, 4.69) is 17.0 Å². The highest BCUT2D eigenvalue weighted by molar-refractivity contribution is 5.49. The molecule has 0 amide bonds. The molecule has 1 unspecified atom stereocenters. The van der Waals surface area contributed by atoms with Crippen LogP contribution in [0.3, 0.4) is 0 Å². The first-order valence-corrected chi connectivity index (χ1v) is 6.03. The second-order valence-electron chi connectivity index (χ2n) is 4.48. The van der Waals surface area contributed by atoms with Crippen LogP contribution in [0.4, 0.5) is 5.69 Å². The number of nitrogens with two attached hydrogens (primary N) is 1. The summed E-state index contributed by atoms with van der Waals surface area (Å²) in [7, 11) is 0. The molecule has 0 aliphatic carbocycles. The van der Waals surface area contributed by atoms with Crippen molar-refractivity contribution in [2.45, 2.75) is 19.0 Å². The van der Waals surface area contributed by atoms with E-state index >= 15 is 0 Å². The fraction of sp³-hybridized carbons (Fsp3) is 0.538. The second kappa shape index (κ2) is 5.49. The molecule has 4 nitrogen and oxygen atoms in total. The lowest BCUT2D eigenvalue weighted by atomic mass is 10.1. The molecule has 0 radical (unpaired) electrons. The SMILES string of the molecule is C[C@H](N)c1ccc(N2CCOCC2CO)cc1. The van der Waals surface area contributed by atoms with Crippen molar-refractivity contribution in [1.82, 2.24) is 0 Å². The lowest BCUT2D eigenvalue weighted by Gasteiger charge is -2.36. The van der Waals surface area contributed by atoms with Crippen LogP contribution in [0.15, 0.2) is 24.3 Å². The Kier molecular flexibility index (Phi) is 3.99. The van der Waals surface area contributed by atoms with Crippen molar-refractivity contribution in [2.24, 2.45) is 5.73 Å². The van der Waals surface area contributed by atoms with Crippen molar-refractivity contribution in [3.05, 3.63) is 29.8 Å². The van der Waals surface area contributed by atoms with E-state index in [0.29, 0.717) is 13.2 Å². The van der Waals surface area contributed by atoms with Crippen LogP contribution in [-0.2, 0) is 4.74 Å². The molecule has 4 heteroatoms. The van der Waals surface area contributed by atoms with Gasteiger partial charge in [-0.1, -0.05) is 12.1 Å². The molecule has 1 aromatic rings. The zero-order chi connectivity index (χ0) is 12.3. The molecule has 0 saturated carbocycles. The summed E-state index contributed by atoms with van der Waals surface area (Å²) in [5.41, 5.74) is 8.07. The first kappa shape index (κ1) is 12.4. The van der Waals surface area contributed by atoms with E-state index in [4.69, 9.17) is 10.5 Å². The number of aliphatic hydroxyl groups is 1. The fourth-order valence-corrected chi connectivity index (χ4v) is 2.12. The van der Waals surface area contributed by atoms with Crippen LogP contribution in [0.25, 0.3) is 0 Å². The number of morpholine rings is 1. The molecule has 1 aliphatic heterocycles. The molecule has 94 valence electrons. The van der Waals surface area contributed by atoms with E-state index in [9.17, 15) is 5.11 Å². The van der Waals surface area contributed by atoms with Gasteiger partial charge in [0.05, 0.1) is 25.9 Å². The third-order valence-corrected chi connectivity index (χ3v) is 3.19. The van der Waals surface area contributed by atoms with Crippen molar-refractivity contribution in [1.29, 1.82) is 0 Å². The van der Waals surface area contributed by atoms with Gasteiger partial charge in [0.25, 0.3) is 0 Å². The number of hydrogen-bond acceptors (Lipinski definition) is 4. The van der Waals surface area contributed by atoms with Crippen LogP contribution in [-0.4, -0.2) is 37.5 Å². The van der Waals surface area contributed by atoms with Gasteiger partial charge in [0.2, 0.25) is 0 Å². The van der Waals surface area contributed by atoms with E-state index in [0.717, 1.165) is 17.8 Å². The van der Waals surface area contributed by atoms with Gasteiger partial charge in [0, 0.05) is 18.3 Å². The van der Waals surface area contributed by atoms with Gasteiger partial charge in [0.1, 0.15) is 0 Å². The summed E-state index contributed by atoms with van der Waals surface area (Å²) in [4.78, 5) is 2.19. The van der Waals surface area contributed by atoms with Crippen LogP contribution in [0.5, 0.6) is 0 Å². The quantitative estimate of drug-likeness (QED) is 0.819. The van der Waals surface area contributed by atoms with Gasteiger partial charge in [-0.3, -0.25) is 0 Å². The lowest BCUT2D eigenvalue weighted by Crippen LogP contribution is -2.47. The summed E-state index contributed by atoms with van der Waals surface area (Å²) in [6, 6.07) is 8.33. The minimum atomic E-state index is 0.0578. The standard InChI is InChI=1S/C13H20N2O2/c1-10(14)11-2-4-12(5-3-11)15-6-7-17-9-13(15)8-16/h2-5,10,13,16H,6-9,14H2,1H3/t10-,13?/m0/s1. The number of hydrogen-bond donors (Lipinski definition) is 2. The summed E-state index contributed by atoms with van der Waals surface area (Å²) in [6.45, 7) is 4.22. The third-order valence-electron chi connectivity index (χ3n) is 3.19. The number of benzene rings is 1. The molecule has 0 spiro atoms. The Morgan fingerprint density at radius 1 is 1.47 bits per heavy atom. The fourth-order valence-electron chi connectivity index (χ4n) is 2.12. The first-order valence-electron chi connectivity index (χ1n) is 6.03. The molecular weight excluding hydrogens is 216 g/mol. The summed E-state index contributed by atoms with van der Waals surface area (Å²) in [5, 5.41) is 9.32. The van der Waals surface area contributed by atoms with Crippen LogP contribution < -0.4 is 10.6 Å². The van der Waals surface area contributed by atoms with Crippen molar-refractivity contribution in [3.8, 4) is 0 Å². The zero-order valence-corrected chi connectivity index (χ0v) is 10.2. The van der Waals surface area contributed by atoms with Gasteiger partial charge >= 0.3 is 0 Å². The largest absolute Gasteiger partial charge is 0.394 e. The van der Waals surface area contributed by atoms with Gasteiger partial charge in [0.15, 0.2) is 0 Å². The van der Waals surface area contributed by atoms with Crippen LogP contribution >= 0.6 is 0 Å². The Morgan fingerprint density at radius 3 is 2.76 bits per heavy atom. The molecule has 1 aromatic carbocycles. The second-order valence-corrected chi connectivity index (χ2v) is 4.48. The highest BCUT2D eigenvalue weighted by atomic mass is 16.5. The topological polar surface area (TPSA) is 58.7 Å². The maximum absolute atomic E-state index is 9.32. The Morgan fingerprint density at radius 2 is 2.18 bits per heavy atom. The summed E-state index contributed by atoms with van der Waals surface area (Å²) < 4.78 is 5.36. The average Bonchev–Trinajstić information content (AvgIpc) is 2.39. The minimum Gasteiger partial charge on any atom is -0.394 e. The van der Waals surface area contributed by atoms with E-state index in [1.54, 1.807) is 0 Å². The van der Waals surface area contributed by atoms with E-state index in [1.165, 1.54) is 0 Å². The van der Waals surface area contributed by atoms with E-state index in [-0.39, 0.29) is 18.7 Å². The Hall–Kier alpha value is -1.10. The maximum atomic E-state index is 9.32. The highest BCUT2D eigenvalue weighted by Gasteiger charge is 2.22. The molecule has 1 fully saturated rings. The predicted molar refractivity (Wildman–Crippen MR) is 68.1 cm³/mol. The number of ether oxygens (including phenoxy) is 1. The monoisotopic (exact) mass is 236 g/mol. The van der Waals surface area contributed by atoms with Crippen LogP contribution in [0, 0.1) is 0 Å². The predicted octanol–water partition coefficient (Wildman–Crippen LogP) is 0.904. The molecule has 1 heterocycles. The minimum absolute atomic E-state index is 0.0578. The van der Waals surface area contributed by atoms with Gasteiger partial charge in [-0.15, -0.1) is 0 Å². The van der Waals surface area contributed by atoms with Crippen molar-refractivity contribution < 1.29 is 9.84 Å². The summed E-state index contributed by atoms with van der Waals surface area (Å²) in [5.74, 6) is 0. The molecule has 2 rings (SSSR count). The highest BCUT2D eigenvalue weighted by Crippen LogP contribution is 2.21. The summed E-state index contributed by atoms with van der Waals surface area (Å²) in [6.07, 6.45) is 0. The molecule has 0 aromatic heterocycles. The molecule has 17 heavy (non-hydrogen) atoms. The molecule has 2 atom stereocenters. The van der Waals surface area contributed by atoms with Crippen LogP contribution in [0.1, 0.15) is 18.5 Å². The number of anilines is 1. The van der Waals surface area contributed by atoms with Gasteiger partial charge in [-0.05, 0) is 24.6 Å². The van der Waals surface area contributed by atoms with Gasteiger partial charge in [-0.25, -0.2) is 0 Å². The molecule has 1 saturated heterocycles. The number of rotatable bonds is 3. The van der Waals surface area contributed by atoms with E-state index < -0.39 is 0 Å². The Balaban J connectivity index is 2.15. The smallest absolute Gasteiger partial charge is 0.0755 e. The van der Waals surface area contributed by atoms with Crippen molar-refractivity contribution in [3.63, 3.8) is 0 Å².